The molecule has 1 saturated heterocycles. The fraction of sp³-hybridized carbons (Fsp3) is 0.600. The van der Waals surface area contributed by atoms with E-state index in [2.05, 4.69) is 39.1 Å². The van der Waals surface area contributed by atoms with Crippen LogP contribution >= 0.6 is 0 Å². The average molecular weight is 233 g/mol. The maximum Gasteiger partial charge on any atom is 0.124 e. The average Bonchev–Trinajstić information content (AvgIpc) is 2.72. The van der Waals surface area contributed by atoms with Gasteiger partial charge < -0.3 is 10.1 Å². The molecule has 0 aliphatic carbocycles. The molecular weight excluding hydrogens is 210 g/mol. The zero-order valence-electron chi connectivity index (χ0n) is 11.6. The van der Waals surface area contributed by atoms with Gasteiger partial charge in [-0.05, 0) is 69.3 Å². The summed E-state index contributed by atoms with van der Waals surface area (Å²) in [6.07, 6.45) is 2.49. The second kappa shape index (κ2) is 4.34. The van der Waals surface area contributed by atoms with E-state index in [0.29, 0.717) is 0 Å². The molecule has 1 N–H and O–H groups in total. The van der Waals surface area contributed by atoms with Crippen LogP contribution in [-0.4, -0.2) is 13.7 Å². The van der Waals surface area contributed by atoms with Gasteiger partial charge in [0.05, 0.1) is 7.11 Å². The van der Waals surface area contributed by atoms with Crippen molar-refractivity contribution in [1.82, 2.24) is 5.32 Å². The van der Waals surface area contributed by atoms with Crippen molar-refractivity contribution < 1.29 is 4.74 Å². The molecule has 94 valence electrons. The summed E-state index contributed by atoms with van der Waals surface area (Å²) in [6.45, 7) is 9.93. The first-order valence-corrected chi connectivity index (χ1v) is 6.40. The molecule has 0 bridgehead atoms. The molecule has 2 rings (SSSR count). The molecule has 0 saturated carbocycles. The Labute approximate surface area is 104 Å². The highest BCUT2D eigenvalue weighted by Crippen LogP contribution is 2.37. The second-order valence-corrected chi connectivity index (χ2v) is 5.39. The van der Waals surface area contributed by atoms with Gasteiger partial charge in [-0.1, -0.05) is 6.07 Å². The maximum absolute atomic E-state index is 5.49. The molecule has 1 unspecified atom stereocenters. The number of nitrogens with one attached hydrogen (secondary N) is 1. The van der Waals surface area contributed by atoms with Crippen LogP contribution in [0.15, 0.2) is 6.07 Å². The van der Waals surface area contributed by atoms with Gasteiger partial charge in [-0.3, -0.25) is 0 Å². The van der Waals surface area contributed by atoms with Crippen LogP contribution in [0.2, 0.25) is 0 Å². The molecule has 1 atom stereocenters. The number of methoxy groups -OCH3 is 1. The maximum atomic E-state index is 5.49. The van der Waals surface area contributed by atoms with Crippen LogP contribution in [0, 0.1) is 20.8 Å². The minimum absolute atomic E-state index is 0.145. The molecular formula is C15H23NO. The number of rotatable bonds is 2. The Bertz CT molecular complexity index is 431. The van der Waals surface area contributed by atoms with Crippen LogP contribution < -0.4 is 10.1 Å². The van der Waals surface area contributed by atoms with E-state index in [1.54, 1.807) is 7.11 Å². The van der Waals surface area contributed by atoms with Gasteiger partial charge in [0.1, 0.15) is 5.75 Å². The molecule has 2 heteroatoms. The molecule has 1 aromatic rings. The van der Waals surface area contributed by atoms with E-state index >= 15 is 0 Å². The van der Waals surface area contributed by atoms with Crippen LogP contribution in [-0.2, 0) is 5.54 Å². The first-order valence-electron chi connectivity index (χ1n) is 6.40. The highest BCUT2D eigenvalue weighted by atomic mass is 16.5. The van der Waals surface area contributed by atoms with Crippen molar-refractivity contribution in [3.63, 3.8) is 0 Å². The Morgan fingerprint density at radius 3 is 2.47 bits per heavy atom. The molecule has 0 amide bonds. The zero-order valence-corrected chi connectivity index (χ0v) is 11.6. The summed E-state index contributed by atoms with van der Waals surface area (Å²) < 4.78 is 5.49. The predicted octanol–water partition coefficient (Wildman–Crippen LogP) is 3.22. The van der Waals surface area contributed by atoms with Gasteiger partial charge in [0.25, 0.3) is 0 Å². The molecule has 17 heavy (non-hydrogen) atoms. The minimum Gasteiger partial charge on any atom is -0.496 e. The van der Waals surface area contributed by atoms with E-state index in [-0.39, 0.29) is 5.54 Å². The van der Waals surface area contributed by atoms with E-state index in [4.69, 9.17) is 4.74 Å². The van der Waals surface area contributed by atoms with Gasteiger partial charge in [0.2, 0.25) is 0 Å². The SMILES string of the molecule is COc1c(C)cc(C2(C)CCCN2)c(C)c1C. The Morgan fingerprint density at radius 1 is 1.24 bits per heavy atom. The highest BCUT2D eigenvalue weighted by molar-refractivity contribution is 5.51. The van der Waals surface area contributed by atoms with Crippen molar-refractivity contribution in [1.29, 1.82) is 0 Å². The van der Waals surface area contributed by atoms with Crippen molar-refractivity contribution in [2.24, 2.45) is 0 Å². The molecule has 1 fully saturated rings. The number of ether oxygens (including phenoxy) is 1. The molecule has 1 aliphatic rings. The van der Waals surface area contributed by atoms with Crippen LogP contribution in [0.5, 0.6) is 5.75 Å². The smallest absolute Gasteiger partial charge is 0.124 e. The number of hydrogen-bond acceptors (Lipinski definition) is 2. The first kappa shape index (κ1) is 12.4. The van der Waals surface area contributed by atoms with Crippen molar-refractivity contribution in [2.75, 3.05) is 13.7 Å². The fourth-order valence-corrected chi connectivity index (χ4v) is 3.07. The van der Waals surface area contributed by atoms with Gasteiger partial charge in [0.15, 0.2) is 0 Å². The van der Waals surface area contributed by atoms with E-state index in [1.807, 2.05) is 0 Å². The van der Waals surface area contributed by atoms with E-state index in [1.165, 1.54) is 35.1 Å². The van der Waals surface area contributed by atoms with Crippen molar-refractivity contribution in [2.45, 2.75) is 46.1 Å². The van der Waals surface area contributed by atoms with E-state index < -0.39 is 0 Å². The Balaban J connectivity index is 2.56. The van der Waals surface area contributed by atoms with Crippen LogP contribution in [0.4, 0.5) is 0 Å². The van der Waals surface area contributed by atoms with Gasteiger partial charge in [-0.15, -0.1) is 0 Å². The normalized spacial score (nSPS) is 24.1. The monoisotopic (exact) mass is 233 g/mol. The van der Waals surface area contributed by atoms with Crippen molar-refractivity contribution in [3.8, 4) is 5.75 Å². The molecule has 2 nitrogen and oxygen atoms in total. The van der Waals surface area contributed by atoms with E-state index in [0.717, 1.165) is 12.3 Å². The van der Waals surface area contributed by atoms with Crippen LogP contribution in [0.25, 0.3) is 0 Å². The lowest BCUT2D eigenvalue weighted by atomic mass is 9.84. The fourth-order valence-electron chi connectivity index (χ4n) is 3.07. The van der Waals surface area contributed by atoms with Gasteiger partial charge in [-0.2, -0.15) is 0 Å². The van der Waals surface area contributed by atoms with Crippen molar-refractivity contribution >= 4 is 0 Å². The molecule has 0 spiro atoms. The molecule has 1 aliphatic heterocycles. The summed E-state index contributed by atoms with van der Waals surface area (Å²) in [5, 5.41) is 3.64. The Morgan fingerprint density at radius 2 is 1.94 bits per heavy atom. The lowest BCUT2D eigenvalue weighted by Crippen LogP contribution is -2.34. The van der Waals surface area contributed by atoms with Gasteiger partial charge in [0, 0.05) is 5.54 Å². The topological polar surface area (TPSA) is 21.3 Å². The van der Waals surface area contributed by atoms with Gasteiger partial charge in [-0.25, -0.2) is 0 Å². The highest BCUT2D eigenvalue weighted by Gasteiger charge is 2.32. The second-order valence-electron chi connectivity index (χ2n) is 5.39. The quantitative estimate of drug-likeness (QED) is 0.847. The summed E-state index contributed by atoms with van der Waals surface area (Å²) in [5.74, 6) is 1.04. The summed E-state index contributed by atoms with van der Waals surface area (Å²) in [7, 11) is 1.75. The van der Waals surface area contributed by atoms with E-state index in [9.17, 15) is 0 Å². The first-order chi connectivity index (χ1) is 7.99. The third kappa shape index (κ3) is 1.95. The number of aryl methyl sites for hydroxylation is 1. The largest absolute Gasteiger partial charge is 0.496 e. The number of benzene rings is 1. The van der Waals surface area contributed by atoms with Gasteiger partial charge >= 0.3 is 0 Å². The molecule has 1 aromatic carbocycles. The molecule has 0 radical (unpaired) electrons. The van der Waals surface area contributed by atoms with Crippen LogP contribution in [0.3, 0.4) is 0 Å². The number of hydrogen-bond donors (Lipinski definition) is 1. The summed E-state index contributed by atoms with van der Waals surface area (Å²) in [4.78, 5) is 0. The molecule has 0 aromatic heterocycles. The summed E-state index contributed by atoms with van der Waals surface area (Å²) in [5.41, 5.74) is 5.46. The Kier molecular flexibility index (Phi) is 3.17. The lowest BCUT2D eigenvalue weighted by Gasteiger charge is -2.29. The third-order valence-corrected chi connectivity index (χ3v) is 4.19. The third-order valence-electron chi connectivity index (χ3n) is 4.19. The van der Waals surface area contributed by atoms with Crippen LogP contribution in [0.1, 0.15) is 42.0 Å². The van der Waals surface area contributed by atoms with Crippen molar-refractivity contribution in [3.05, 3.63) is 28.3 Å². The predicted molar refractivity (Wildman–Crippen MR) is 71.8 cm³/mol. The minimum atomic E-state index is 0.145. The summed E-state index contributed by atoms with van der Waals surface area (Å²) in [6, 6.07) is 2.29. The molecule has 1 heterocycles. The Hall–Kier alpha value is -1.02. The lowest BCUT2D eigenvalue weighted by molar-refractivity contribution is 0.403. The standard InChI is InChI=1S/C15H23NO/c1-10-9-13(15(4)7-6-8-16-15)11(2)12(3)14(10)17-5/h9,16H,6-8H2,1-5H3. The zero-order chi connectivity index (χ0) is 12.6. The summed E-state index contributed by atoms with van der Waals surface area (Å²) >= 11 is 0.